The quantitative estimate of drug-likeness (QED) is 0.811. The molecule has 3 nitrogen and oxygen atoms in total. The minimum absolute atomic E-state index is 0.266. The van der Waals surface area contributed by atoms with Crippen molar-refractivity contribution in [3.63, 3.8) is 0 Å². The zero-order valence-corrected chi connectivity index (χ0v) is 12.6. The first-order valence-corrected chi connectivity index (χ1v) is 7.84. The van der Waals surface area contributed by atoms with Crippen LogP contribution < -0.4 is 0 Å². The lowest BCUT2D eigenvalue weighted by atomic mass is 9.88. The van der Waals surface area contributed by atoms with Gasteiger partial charge in [0, 0.05) is 4.88 Å². The molecule has 21 heavy (non-hydrogen) atoms. The summed E-state index contributed by atoms with van der Waals surface area (Å²) >= 11 is 1.47. The number of carbonyl (C=O) groups excluding carboxylic acids is 1. The van der Waals surface area contributed by atoms with Gasteiger partial charge in [0.1, 0.15) is 4.88 Å². The van der Waals surface area contributed by atoms with Crippen molar-refractivity contribution in [1.29, 1.82) is 5.26 Å². The van der Waals surface area contributed by atoms with E-state index >= 15 is 0 Å². The fraction of sp³-hybridized carbons (Fsp3) is 0.294. The normalized spacial score (nSPS) is 12.2. The van der Waals surface area contributed by atoms with Crippen molar-refractivity contribution in [2.75, 3.05) is 6.61 Å². The Morgan fingerprint density at radius 2 is 2.19 bits per heavy atom. The predicted molar refractivity (Wildman–Crippen MR) is 82.4 cm³/mol. The van der Waals surface area contributed by atoms with Crippen LogP contribution in [0.25, 0.3) is 10.4 Å². The van der Waals surface area contributed by atoms with Gasteiger partial charge in [0.05, 0.1) is 19.1 Å². The molecule has 0 N–H and O–H groups in total. The van der Waals surface area contributed by atoms with Gasteiger partial charge in [-0.05, 0) is 42.0 Å². The number of thiophene rings is 1. The highest BCUT2D eigenvalue weighted by Crippen LogP contribution is 2.42. The first-order valence-electron chi connectivity index (χ1n) is 7.03. The molecule has 0 fully saturated rings. The van der Waals surface area contributed by atoms with Crippen molar-refractivity contribution >= 4 is 17.3 Å². The van der Waals surface area contributed by atoms with Gasteiger partial charge in [-0.1, -0.05) is 24.3 Å². The summed E-state index contributed by atoms with van der Waals surface area (Å²) in [5, 5.41) is 9.07. The van der Waals surface area contributed by atoms with Crippen LogP contribution in [0.2, 0.25) is 0 Å². The van der Waals surface area contributed by atoms with Crippen LogP contribution in [0, 0.1) is 11.3 Å². The second kappa shape index (κ2) is 5.71. The second-order valence-corrected chi connectivity index (χ2v) is 5.95. The molecule has 0 amide bonds. The largest absolute Gasteiger partial charge is 0.462 e. The van der Waals surface area contributed by atoms with Gasteiger partial charge in [-0.15, -0.1) is 11.3 Å². The van der Waals surface area contributed by atoms with Crippen LogP contribution in [0.15, 0.2) is 24.3 Å². The molecule has 0 aliphatic heterocycles. The molecule has 0 unspecified atom stereocenters. The van der Waals surface area contributed by atoms with Crippen molar-refractivity contribution in [1.82, 2.24) is 0 Å². The molecule has 1 aromatic carbocycles. The first kappa shape index (κ1) is 13.8. The maximum atomic E-state index is 12.1. The third-order valence-electron chi connectivity index (χ3n) is 3.74. The van der Waals surface area contributed by atoms with Crippen molar-refractivity contribution in [3.05, 3.63) is 45.8 Å². The summed E-state index contributed by atoms with van der Waals surface area (Å²) in [6.07, 6.45) is 2.11. The lowest BCUT2D eigenvalue weighted by molar-refractivity contribution is 0.0531. The summed E-state index contributed by atoms with van der Waals surface area (Å²) in [7, 11) is 0. The highest BCUT2D eigenvalue weighted by atomic mass is 32.1. The molecule has 1 heterocycles. The summed E-state index contributed by atoms with van der Waals surface area (Å²) in [5.74, 6) is -0.306. The van der Waals surface area contributed by atoms with Crippen LogP contribution in [-0.2, 0) is 24.0 Å². The Morgan fingerprint density at radius 1 is 1.38 bits per heavy atom. The Labute approximate surface area is 127 Å². The van der Waals surface area contributed by atoms with E-state index in [4.69, 9.17) is 10.00 Å². The maximum Gasteiger partial charge on any atom is 0.348 e. The van der Waals surface area contributed by atoms with Gasteiger partial charge in [0.15, 0.2) is 0 Å². The minimum Gasteiger partial charge on any atom is -0.462 e. The zero-order valence-electron chi connectivity index (χ0n) is 11.8. The number of esters is 1. The number of rotatable bonds is 3. The maximum absolute atomic E-state index is 12.1. The Hall–Kier alpha value is -2.12. The van der Waals surface area contributed by atoms with Crippen LogP contribution in [0.3, 0.4) is 0 Å². The molecule has 106 valence electrons. The summed E-state index contributed by atoms with van der Waals surface area (Å²) in [6.45, 7) is 2.15. The lowest BCUT2D eigenvalue weighted by Crippen LogP contribution is -2.07. The van der Waals surface area contributed by atoms with Crippen LogP contribution in [0.1, 0.15) is 33.3 Å². The van der Waals surface area contributed by atoms with Gasteiger partial charge in [-0.3, -0.25) is 0 Å². The number of nitriles is 1. The summed E-state index contributed by atoms with van der Waals surface area (Å²) in [6, 6.07) is 10.5. The highest BCUT2D eigenvalue weighted by Gasteiger charge is 2.27. The third-order valence-corrected chi connectivity index (χ3v) is 5.03. The third kappa shape index (κ3) is 2.34. The van der Waals surface area contributed by atoms with Gasteiger partial charge >= 0.3 is 5.97 Å². The Bertz CT molecular complexity index is 740. The molecule has 3 rings (SSSR count). The van der Waals surface area contributed by atoms with E-state index in [2.05, 4.69) is 18.2 Å². The van der Waals surface area contributed by atoms with Crippen LogP contribution in [0.5, 0.6) is 0 Å². The van der Waals surface area contributed by atoms with Gasteiger partial charge < -0.3 is 4.74 Å². The average Bonchev–Trinajstić information content (AvgIpc) is 2.87. The molecule has 0 bridgehead atoms. The van der Waals surface area contributed by atoms with E-state index in [1.54, 1.807) is 6.92 Å². The summed E-state index contributed by atoms with van der Waals surface area (Å²) in [5.41, 5.74) is 4.53. The van der Waals surface area contributed by atoms with E-state index in [1.807, 2.05) is 12.1 Å². The highest BCUT2D eigenvalue weighted by molar-refractivity contribution is 7.17. The number of fused-ring (bicyclic) bond motifs is 3. The van der Waals surface area contributed by atoms with Gasteiger partial charge in [-0.2, -0.15) is 5.26 Å². The molecule has 0 saturated heterocycles. The SMILES string of the molecule is CCOC(=O)c1sc2c(c1CC#N)CCc1ccccc1-2. The van der Waals surface area contributed by atoms with E-state index in [9.17, 15) is 4.79 Å². The van der Waals surface area contributed by atoms with E-state index in [-0.39, 0.29) is 12.4 Å². The fourth-order valence-corrected chi connectivity index (χ4v) is 4.15. The van der Waals surface area contributed by atoms with E-state index in [1.165, 1.54) is 22.5 Å². The molecule has 2 aromatic rings. The monoisotopic (exact) mass is 297 g/mol. The van der Waals surface area contributed by atoms with E-state index in [0.717, 1.165) is 28.8 Å². The molecular formula is C17H15NO2S. The number of benzene rings is 1. The van der Waals surface area contributed by atoms with Gasteiger partial charge in [0.2, 0.25) is 0 Å². The second-order valence-electron chi connectivity index (χ2n) is 4.93. The van der Waals surface area contributed by atoms with Crippen LogP contribution in [-0.4, -0.2) is 12.6 Å². The Balaban J connectivity index is 2.16. The Kier molecular flexibility index (Phi) is 3.76. The van der Waals surface area contributed by atoms with Crippen LogP contribution in [0.4, 0.5) is 0 Å². The zero-order chi connectivity index (χ0) is 14.8. The molecule has 1 aliphatic carbocycles. The molecule has 0 atom stereocenters. The lowest BCUT2D eigenvalue weighted by Gasteiger charge is -2.16. The first-order chi connectivity index (χ1) is 10.3. The molecule has 0 saturated carbocycles. The Morgan fingerprint density at radius 3 is 2.95 bits per heavy atom. The summed E-state index contributed by atoms with van der Waals surface area (Å²) in [4.78, 5) is 13.9. The number of hydrogen-bond acceptors (Lipinski definition) is 4. The molecule has 0 spiro atoms. The van der Waals surface area contributed by atoms with E-state index < -0.39 is 0 Å². The topological polar surface area (TPSA) is 50.1 Å². The van der Waals surface area contributed by atoms with Crippen LogP contribution >= 0.6 is 11.3 Å². The molecule has 1 aliphatic rings. The fourth-order valence-electron chi connectivity index (χ4n) is 2.83. The van der Waals surface area contributed by atoms with Gasteiger partial charge in [-0.25, -0.2) is 4.79 Å². The van der Waals surface area contributed by atoms with Crippen molar-refractivity contribution in [2.45, 2.75) is 26.2 Å². The van der Waals surface area contributed by atoms with E-state index in [0.29, 0.717) is 11.5 Å². The molecule has 1 aromatic heterocycles. The standard InChI is InChI=1S/C17H15NO2S/c1-2-20-17(19)16-14(9-10-18)13-8-7-11-5-3-4-6-12(11)15(13)21-16/h3-6H,2,7-9H2,1H3. The number of ether oxygens (including phenoxy) is 1. The number of carbonyl (C=O) groups is 1. The summed E-state index contributed by atoms with van der Waals surface area (Å²) < 4.78 is 5.14. The number of nitrogens with zero attached hydrogens (tertiary/aromatic N) is 1. The van der Waals surface area contributed by atoms with Crippen molar-refractivity contribution < 1.29 is 9.53 Å². The van der Waals surface area contributed by atoms with Gasteiger partial charge in [0.25, 0.3) is 0 Å². The predicted octanol–water partition coefficient (Wildman–Crippen LogP) is 3.76. The van der Waals surface area contributed by atoms with Crippen molar-refractivity contribution in [2.24, 2.45) is 0 Å². The minimum atomic E-state index is -0.306. The molecular weight excluding hydrogens is 282 g/mol. The molecule has 4 heteroatoms. The average molecular weight is 297 g/mol. The van der Waals surface area contributed by atoms with Crippen molar-refractivity contribution in [3.8, 4) is 16.5 Å². The number of hydrogen-bond donors (Lipinski definition) is 0. The smallest absolute Gasteiger partial charge is 0.348 e. The molecule has 0 radical (unpaired) electrons. The number of aryl methyl sites for hydroxylation is 1.